The molecule has 0 heterocycles. The summed E-state index contributed by atoms with van der Waals surface area (Å²) in [5.74, 6) is -0.782. The molecule has 0 aromatic carbocycles. The van der Waals surface area contributed by atoms with Crippen molar-refractivity contribution < 1.29 is 14.6 Å². The summed E-state index contributed by atoms with van der Waals surface area (Å²) in [5, 5.41) is 8.77. The van der Waals surface area contributed by atoms with Crippen LogP contribution in [0.3, 0.4) is 0 Å². The predicted molar refractivity (Wildman–Crippen MR) is 63.7 cm³/mol. The fourth-order valence-corrected chi connectivity index (χ4v) is 1.50. The van der Waals surface area contributed by atoms with Crippen molar-refractivity contribution in [3.8, 4) is 0 Å². The lowest BCUT2D eigenvalue weighted by Crippen LogP contribution is -2.39. The lowest BCUT2D eigenvalue weighted by atomic mass is 10.4. The molecular formula is C11H24N2O3. The Bertz CT molecular complexity index is 184. The Hall–Kier alpha value is -0.650. The molecular weight excluding hydrogens is 208 g/mol. The summed E-state index contributed by atoms with van der Waals surface area (Å²) in [6.45, 7) is 9.24. The van der Waals surface area contributed by atoms with Crippen LogP contribution in [0.2, 0.25) is 0 Å². The first kappa shape index (κ1) is 15.3. The fourth-order valence-electron chi connectivity index (χ4n) is 1.50. The average Bonchev–Trinajstić information content (AvgIpc) is 2.26. The second kappa shape index (κ2) is 9.57. The Morgan fingerprint density at radius 3 is 2.12 bits per heavy atom. The minimum atomic E-state index is -0.782. The van der Waals surface area contributed by atoms with Gasteiger partial charge < -0.3 is 14.7 Å². The van der Waals surface area contributed by atoms with Crippen molar-refractivity contribution >= 4 is 5.97 Å². The van der Waals surface area contributed by atoms with Gasteiger partial charge in [0.05, 0.1) is 13.2 Å². The topological polar surface area (TPSA) is 53.0 Å². The summed E-state index contributed by atoms with van der Waals surface area (Å²) < 4.78 is 4.97. The highest BCUT2D eigenvalue weighted by Crippen LogP contribution is 1.93. The number of hydrogen-bond acceptors (Lipinski definition) is 4. The third kappa shape index (κ3) is 7.62. The Kier molecular flexibility index (Phi) is 9.18. The van der Waals surface area contributed by atoms with Gasteiger partial charge in [-0.3, -0.25) is 9.69 Å². The van der Waals surface area contributed by atoms with Crippen molar-refractivity contribution in [1.29, 1.82) is 0 Å². The molecule has 0 saturated heterocycles. The van der Waals surface area contributed by atoms with E-state index in [0.717, 1.165) is 26.2 Å². The molecule has 0 unspecified atom stereocenters. The molecule has 0 saturated carbocycles. The number of carboxylic acid groups (broad SMARTS) is 1. The zero-order valence-corrected chi connectivity index (χ0v) is 10.6. The maximum atomic E-state index is 10.7. The van der Waals surface area contributed by atoms with Crippen LogP contribution in [0.25, 0.3) is 0 Å². The van der Waals surface area contributed by atoms with E-state index in [1.807, 2.05) is 4.90 Å². The number of hydrogen-bond donors (Lipinski definition) is 1. The third-order valence-electron chi connectivity index (χ3n) is 2.60. The molecule has 0 aromatic heterocycles. The van der Waals surface area contributed by atoms with Crippen LogP contribution in [0.15, 0.2) is 0 Å². The number of ether oxygens (including phenoxy) is 1. The smallest absolute Gasteiger partial charge is 0.317 e. The minimum Gasteiger partial charge on any atom is -0.480 e. The maximum Gasteiger partial charge on any atom is 0.317 e. The highest BCUT2D eigenvalue weighted by atomic mass is 16.5. The van der Waals surface area contributed by atoms with E-state index in [-0.39, 0.29) is 6.54 Å². The number of methoxy groups -OCH3 is 1. The van der Waals surface area contributed by atoms with Gasteiger partial charge in [0.1, 0.15) is 0 Å². The van der Waals surface area contributed by atoms with Crippen molar-refractivity contribution in [3.05, 3.63) is 0 Å². The molecule has 16 heavy (non-hydrogen) atoms. The van der Waals surface area contributed by atoms with Gasteiger partial charge in [0.15, 0.2) is 0 Å². The van der Waals surface area contributed by atoms with Gasteiger partial charge in [-0.25, -0.2) is 0 Å². The highest BCUT2D eigenvalue weighted by molar-refractivity contribution is 5.69. The van der Waals surface area contributed by atoms with Gasteiger partial charge in [-0.2, -0.15) is 0 Å². The van der Waals surface area contributed by atoms with Gasteiger partial charge in [0.25, 0.3) is 0 Å². The van der Waals surface area contributed by atoms with Crippen LogP contribution in [-0.4, -0.2) is 73.9 Å². The number of nitrogens with zero attached hydrogens (tertiary/aromatic N) is 2. The van der Waals surface area contributed by atoms with E-state index in [2.05, 4.69) is 18.7 Å². The molecule has 0 fully saturated rings. The normalized spacial score (nSPS) is 11.3. The maximum absolute atomic E-state index is 10.7. The molecule has 0 atom stereocenters. The van der Waals surface area contributed by atoms with Crippen molar-refractivity contribution in [2.75, 3.05) is 53.0 Å². The Labute approximate surface area is 98.0 Å². The first-order chi connectivity index (χ1) is 7.63. The van der Waals surface area contributed by atoms with Crippen LogP contribution in [0.4, 0.5) is 0 Å². The average molecular weight is 232 g/mol. The monoisotopic (exact) mass is 232 g/mol. The molecule has 0 rings (SSSR count). The standard InChI is InChI=1S/C11H24N2O3/c1-4-12(5-2)6-7-13(8-9-16-3)10-11(14)15/h4-10H2,1-3H3,(H,14,15). The van der Waals surface area contributed by atoms with Crippen LogP contribution >= 0.6 is 0 Å². The van der Waals surface area contributed by atoms with Gasteiger partial charge in [-0.15, -0.1) is 0 Å². The SMILES string of the molecule is CCN(CC)CCN(CCOC)CC(=O)O. The van der Waals surface area contributed by atoms with Crippen molar-refractivity contribution in [1.82, 2.24) is 9.80 Å². The van der Waals surface area contributed by atoms with Gasteiger partial charge in [-0.05, 0) is 13.1 Å². The van der Waals surface area contributed by atoms with E-state index in [1.54, 1.807) is 7.11 Å². The quantitative estimate of drug-likeness (QED) is 0.589. The number of carboxylic acids is 1. The molecule has 5 nitrogen and oxygen atoms in total. The summed E-state index contributed by atoms with van der Waals surface area (Å²) in [5.41, 5.74) is 0. The number of rotatable bonds is 10. The van der Waals surface area contributed by atoms with Crippen molar-refractivity contribution in [2.24, 2.45) is 0 Å². The number of carbonyl (C=O) groups is 1. The molecule has 0 aromatic rings. The molecule has 5 heteroatoms. The van der Waals surface area contributed by atoms with E-state index in [9.17, 15) is 4.79 Å². The van der Waals surface area contributed by atoms with E-state index < -0.39 is 5.97 Å². The zero-order valence-electron chi connectivity index (χ0n) is 10.6. The molecule has 0 aliphatic rings. The van der Waals surface area contributed by atoms with Crippen LogP contribution in [0, 0.1) is 0 Å². The Morgan fingerprint density at radius 1 is 1.12 bits per heavy atom. The molecule has 1 N–H and O–H groups in total. The summed E-state index contributed by atoms with van der Waals surface area (Å²) in [6, 6.07) is 0. The van der Waals surface area contributed by atoms with E-state index in [0.29, 0.717) is 13.2 Å². The largest absolute Gasteiger partial charge is 0.480 e. The molecule has 0 aliphatic heterocycles. The van der Waals surface area contributed by atoms with Crippen molar-refractivity contribution in [3.63, 3.8) is 0 Å². The van der Waals surface area contributed by atoms with Crippen LogP contribution in [0.5, 0.6) is 0 Å². The van der Waals surface area contributed by atoms with E-state index in [1.165, 1.54) is 0 Å². The van der Waals surface area contributed by atoms with Crippen LogP contribution in [-0.2, 0) is 9.53 Å². The number of likely N-dealkylation sites (N-methyl/N-ethyl adjacent to an activating group) is 1. The molecule has 96 valence electrons. The summed E-state index contributed by atoms with van der Waals surface area (Å²) in [7, 11) is 1.63. The van der Waals surface area contributed by atoms with Crippen LogP contribution in [0.1, 0.15) is 13.8 Å². The van der Waals surface area contributed by atoms with Gasteiger partial charge in [-0.1, -0.05) is 13.8 Å². The molecule has 0 radical (unpaired) electrons. The summed E-state index contributed by atoms with van der Waals surface area (Å²) in [4.78, 5) is 14.8. The minimum absolute atomic E-state index is 0.0879. The van der Waals surface area contributed by atoms with Crippen molar-refractivity contribution in [2.45, 2.75) is 13.8 Å². The Balaban J connectivity index is 3.93. The van der Waals surface area contributed by atoms with Gasteiger partial charge in [0.2, 0.25) is 0 Å². The molecule has 0 bridgehead atoms. The second-order valence-electron chi connectivity index (χ2n) is 3.69. The lowest BCUT2D eigenvalue weighted by molar-refractivity contribution is -0.138. The Morgan fingerprint density at radius 2 is 1.69 bits per heavy atom. The van der Waals surface area contributed by atoms with E-state index in [4.69, 9.17) is 9.84 Å². The first-order valence-electron chi connectivity index (χ1n) is 5.79. The number of aliphatic carboxylic acids is 1. The van der Waals surface area contributed by atoms with Gasteiger partial charge >= 0.3 is 5.97 Å². The molecule has 0 aliphatic carbocycles. The predicted octanol–water partition coefficient (Wildman–Crippen LogP) is 0.361. The first-order valence-corrected chi connectivity index (χ1v) is 5.79. The zero-order chi connectivity index (χ0) is 12.4. The van der Waals surface area contributed by atoms with Gasteiger partial charge in [0, 0.05) is 26.7 Å². The second-order valence-corrected chi connectivity index (χ2v) is 3.69. The van der Waals surface area contributed by atoms with Crippen LogP contribution < -0.4 is 0 Å². The molecule has 0 spiro atoms. The molecule has 0 amide bonds. The third-order valence-corrected chi connectivity index (χ3v) is 2.60. The summed E-state index contributed by atoms with van der Waals surface area (Å²) >= 11 is 0. The lowest BCUT2D eigenvalue weighted by Gasteiger charge is -2.24. The van der Waals surface area contributed by atoms with E-state index >= 15 is 0 Å². The highest BCUT2D eigenvalue weighted by Gasteiger charge is 2.10. The fraction of sp³-hybridized carbons (Fsp3) is 0.909. The summed E-state index contributed by atoms with van der Waals surface area (Å²) in [6.07, 6.45) is 0.